The lowest BCUT2D eigenvalue weighted by molar-refractivity contribution is 0.236. The van der Waals surface area contributed by atoms with Gasteiger partial charge in [-0.15, -0.1) is 0 Å². The van der Waals surface area contributed by atoms with Crippen LogP contribution < -0.4 is 5.56 Å². The first-order valence-corrected chi connectivity index (χ1v) is 9.19. The van der Waals surface area contributed by atoms with E-state index >= 15 is 0 Å². The molecule has 146 valence electrons. The molecule has 1 atom stereocenters. The number of rotatable bonds is 4. The van der Waals surface area contributed by atoms with Crippen molar-refractivity contribution in [2.75, 3.05) is 6.61 Å². The quantitative estimate of drug-likeness (QED) is 0.577. The van der Waals surface area contributed by atoms with Gasteiger partial charge in [-0.05, 0) is 44.2 Å². The third-order valence-electron chi connectivity index (χ3n) is 4.81. The van der Waals surface area contributed by atoms with Crippen molar-refractivity contribution in [2.24, 2.45) is 0 Å². The number of nitrogens with zero attached hydrogens (tertiary/aromatic N) is 4. The van der Waals surface area contributed by atoms with Crippen molar-refractivity contribution in [1.82, 2.24) is 19.5 Å². The zero-order valence-electron chi connectivity index (χ0n) is 16.0. The summed E-state index contributed by atoms with van der Waals surface area (Å²) in [5.41, 5.74) is 3.16. The molecular formula is C22H19FN4O2. The molecule has 0 saturated heterocycles. The fraction of sp³-hybridized carbons (Fsp3) is 0.182. The molecule has 0 aliphatic carbocycles. The highest BCUT2D eigenvalue weighted by Crippen LogP contribution is 2.29. The average Bonchev–Trinajstić information content (AvgIpc) is 2.73. The van der Waals surface area contributed by atoms with Gasteiger partial charge in [0.25, 0.3) is 5.56 Å². The summed E-state index contributed by atoms with van der Waals surface area (Å²) < 4.78 is 15.2. The molecular weight excluding hydrogens is 371 g/mol. The summed E-state index contributed by atoms with van der Waals surface area (Å²) in [5.74, 6) is -0.401. The third-order valence-corrected chi connectivity index (χ3v) is 4.81. The summed E-state index contributed by atoms with van der Waals surface area (Å²) in [5, 5.41) is 9.80. The lowest BCUT2D eigenvalue weighted by atomic mass is 10.1. The molecule has 3 heterocycles. The first-order chi connectivity index (χ1) is 14.0. The van der Waals surface area contributed by atoms with Crippen LogP contribution in [0.4, 0.5) is 4.39 Å². The fourth-order valence-corrected chi connectivity index (χ4v) is 3.15. The number of aliphatic hydroxyl groups is 1. The molecule has 0 aliphatic heterocycles. The number of benzene rings is 1. The van der Waals surface area contributed by atoms with Gasteiger partial charge in [-0.25, -0.2) is 14.4 Å². The van der Waals surface area contributed by atoms with E-state index in [2.05, 4.69) is 15.0 Å². The molecule has 4 rings (SSSR count). The van der Waals surface area contributed by atoms with Gasteiger partial charge in [0, 0.05) is 23.0 Å². The van der Waals surface area contributed by atoms with Gasteiger partial charge >= 0.3 is 0 Å². The maximum atomic E-state index is 13.9. The number of aliphatic hydroxyl groups excluding tert-OH is 1. The molecule has 0 bridgehead atoms. The predicted octanol–water partition coefficient (Wildman–Crippen LogP) is 3.52. The van der Waals surface area contributed by atoms with E-state index in [0.29, 0.717) is 27.9 Å². The van der Waals surface area contributed by atoms with Crippen molar-refractivity contribution in [2.45, 2.75) is 19.9 Å². The first-order valence-electron chi connectivity index (χ1n) is 9.19. The minimum absolute atomic E-state index is 0.191. The van der Waals surface area contributed by atoms with Gasteiger partial charge in [-0.1, -0.05) is 12.1 Å². The molecule has 1 aromatic carbocycles. The van der Waals surface area contributed by atoms with Gasteiger partial charge in [0.2, 0.25) is 0 Å². The van der Waals surface area contributed by atoms with Gasteiger partial charge in [-0.2, -0.15) is 0 Å². The summed E-state index contributed by atoms with van der Waals surface area (Å²) >= 11 is 0. The van der Waals surface area contributed by atoms with Crippen LogP contribution in [0, 0.1) is 12.7 Å². The summed E-state index contributed by atoms with van der Waals surface area (Å²) in [4.78, 5) is 26.5. The minimum Gasteiger partial charge on any atom is -0.394 e. The van der Waals surface area contributed by atoms with Crippen molar-refractivity contribution in [1.29, 1.82) is 0 Å². The highest BCUT2D eigenvalue weighted by atomic mass is 19.1. The number of aromatic nitrogens is 4. The standard InChI is InChI=1S/C22H19FN4O2/c1-13-6-7-16(10-24-13)19-9-18-21(25-12-27(22(18)29)14(2)11-28)20(26-19)15-4-3-5-17(23)8-15/h3-10,12,14,28H,11H2,1-2H3/t14-/m0/s1. The van der Waals surface area contributed by atoms with Gasteiger partial charge in [-0.3, -0.25) is 14.3 Å². The van der Waals surface area contributed by atoms with Crippen LogP contribution in [0.25, 0.3) is 33.4 Å². The van der Waals surface area contributed by atoms with Crippen LogP contribution in [-0.2, 0) is 0 Å². The van der Waals surface area contributed by atoms with Crippen LogP contribution in [0.3, 0.4) is 0 Å². The molecule has 0 aliphatic rings. The van der Waals surface area contributed by atoms with Crippen molar-refractivity contribution in [3.05, 3.63) is 76.9 Å². The predicted molar refractivity (Wildman–Crippen MR) is 109 cm³/mol. The van der Waals surface area contributed by atoms with Crippen molar-refractivity contribution < 1.29 is 9.50 Å². The van der Waals surface area contributed by atoms with Gasteiger partial charge in [0.15, 0.2) is 0 Å². The van der Waals surface area contributed by atoms with E-state index in [1.54, 1.807) is 31.3 Å². The van der Waals surface area contributed by atoms with Crippen LogP contribution in [-0.4, -0.2) is 31.2 Å². The Kier molecular flexibility index (Phi) is 4.90. The van der Waals surface area contributed by atoms with Crippen molar-refractivity contribution >= 4 is 10.9 Å². The SMILES string of the molecule is Cc1ccc(-c2cc3c(=O)n([C@@H](C)CO)cnc3c(-c3cccc(F)c3)n2)cn1. The summed E-state index contributed by atoms with van der Waals surface area (Å²) in [6.07, 6.45) is 3.08. The average molecular weight is 390 g/mol. The Hall–Kier alpha value is -3.45. The topological polar surface area (TPSA) is 80.9 Å². The Morgan fingerprint density at radius 2 is 1.97 bits per heavy atom. The van der Waals surface area contributed by atoms with Gasteiger partial charge < -0.3 is 5.11 Å². The molecule has 29 heavy (non-hydrogen) atoms. The molecule has 0 saturated carbocycles. The second-order valence-electron chi connectivity index (χ2n) is 6.94. The molecule has 0 spiro atoms. The highest BCUT2D eigenvalue weighted by molar-refractivity contribution is 5.93. The second-order valence-corrected chi connectivity index (χ2v) is 6.94. The van der Waals surface area contributed by atoms with E-state index < -0.39 is 11.9 Å². The van der Waals surface area contributed by atoms with E-state index in [9.17, 15) is 14.3 Å². The Balaban J connectivity index is 2.05. The van der Waals surface area contributed by atoms with E-state index in [1.165, 1.54) is 23.0 Å². The molecule has 0 amide bonds. The molecule has 0 unspecified atom stereocenters. The van der Waals surface area contributed by atoms with Crippen molar-refractivity contribution in [3.63, 3.8) is 0 Å². The second kappa shape index (κ2) is 7.52. The molecule has 1 N–H and O–H groups in total. The van der Waals surface area contributed by atoms with Crippen LogP contribution in [0.15, 0.2) is 59.8 Å². The maximum absolute atomic E-state index is 13.9. The third kappa shape index (κ3) is 3.52. The number of aryl methyl sites for hydroxylation is 1. The number of hydrogen-bond acceptors (Lipinski definition) is 5. The van der Waals surface area contributed by atoms with Gasteiger partial charge in [0.1, 0.15) is 11.3 Å². The van der Waals surface area contributed by atoms with E-state index in [1.807, 2.05) is 19.1 Å². The van der Waals surface area contributed by atoms with E-state index in [4.69, 9.17) is 0 Å². The smallest absolute Gasteiger partial charge is 0.261 e. The number of halogens is 1. The zero-order valence-corrected chi connectivity index (χ0v) is 16.0. The summed E-state index contributed by atoms with van der Waals surface area (Å²) in [7, 11) is 0. The lowest BCUT2D eigenvalue weighted by Crippen LogP contribution is -2.25. The summed E-state index contributed by atoms with van der Waals surface area (Å²) in [6, 6.07) is 11.0. The molecule has 0 fully saturated rings. The van der Waals surface area contributed by atoms with Crippen molar-refractivity contribution in [3.8, 4) is 22.5 Å². The van der Waals surface area contributed by atoms with Crippen LogP contribution in [0.1, 0.15) is 18.7 Å². The number of pyridine rings is 2. The monoisotopic (exact) mass is 390 g/mol. The normalized spacial score (nSPS) is 12.3. The first kappa shape index (κ1) is 18.9. The van der Waals surface area contributed by atoms with E-state index in [-0.39, 0.29) is 12.2 Å². The lowest BCUT2D eigenvalue weighted by Gasteiger charge is -2.14. The molecule has 4 aromatic rings. The minimum atomic E-state index is -0.422. The van der Waals surface area contributed by atoms with Crippen LogP contribution in [0.2, 0.25) is 0 Å². The Labute approximate surface area is 166 Å². The Morgan fingerprint density at radius 3 is 2.66 bits per heavy atom. The Morgan fingerprint density at radius 1 is 1.14 bits per heavy atom. The van der Waals surface area contributed by atoms with E-state index in [0.717, 1.165) is 11.3 Å². The summed E-state index contributed by atoms with van der Waals surface area (Å²) in [6.45, 7) is 3.42. The number of fused-ring (bicyclic) bond motifs is 1. The molecule has 7 heteroatoms. The fourth-order valence-electron chi connectivity index (χ4n) is 3.15. The van der Waals surface area contributed by atoms with Gasteiger partial charge in [0.05, 0.1) is 35.8 Å². The Bertz CT molecular complexity index is 1250. The largest absolute Gasteiger partial charge is 0.394 e. The molecule has 0 radical (unpaired) electrons. The van der Waals surface area contributed by atoms with Crippen LogP contribution in [0.5, 0.6) is 0 Å². The van der Waals surface area contributed by atoms with Crippen LogP contribution >= 0.6 is 0 Å². The zero-order chi connectivity index (χ0) is 20.5. The maximum Gasteiger partial charge on any atom is 0.261 e. The molecule has 3 aromatic heterocycles. The molecule has 6 nitrogen and oxygen atoms in total. The number of hydrogen-bond donors (Lipinski definition) is 1. The highest BCUT2D eigenvalue weighted by Gasteiger charge is 2.17.